The number of carboxylic acid groups (broad SMARTS) is 1. The van der Waals surface area contributed by atoms with Crippen LogP contribution >= 0.6 is 0 Å². The molecular weight excluding hydrogens is 313 g/mol. The molecule has 0 aliphatic heterocycles. The van der Waals surface area contributed by atoms with Crippen molar-refractivity contribution in [3.63, 3.8) is 0 Å². The summed E-state index contributed by atoms with van der Waals surface area (Å²) in [6.45, 7) is 5.94. The van der Waals surface area contributed by atoms with E-state index in [0.717, 1.165) is 5.69 Å². The van der Waals surface area contributed by atoms with E-state index in [9.17, 15) is 14.0 Å². The van der Waals surface area contributed by atoms with Crippen molar-refractivity contribution in [2.45, 2.75) is 38.6 Å². The number of carbonyl (C=O) groups is 2. The summed E-state index contributed by atoms with van der Waals surface area (Å²) in [5.74, 6) is -1.99. The molecule has 24 heavy (non-hydrogen) atoms. The first-order valence-electron chi connectivity index (χ1n) is 7.51. The lowest BCUT2D eigenvalue weighted by atomic mass is 9.92. The topological polar surface area (TPSA) is 95.1 Å². The highest BCUT2D eigenvalue weighted by molar-refractivity contribution is 5.93. The number of rotatable bonds is 5. The molecule has 1 aromatic heterocycles. The van der Waals surface area contributed by atoms with Crippen LogP contribution in [0.3, 0.4) is 0 Å². The fourth-order valence-electron chi connectivity index (χ4n) is 2.18. The first-order chi connectivity index (χ1) is 11.2. The monoisotopic (exact) mass is 333 g/mol. The van der Waals surface area contributed by atoms with Gasteiger partial charge >= 0.3 is 5.97 Å². The number of aliphatic carboxylic acids is 1. The van der Waals surface area contributed by atoms with Gasteiger partial charge in [-0.15, -0.1) is 0 Å². The second kappa shape index (κ2) is 6.82. The Kier molecular flexibility index (Phi) is 5.02. The highest BCUT2D eigenvalue weighted by atomic mass is 19.1. The first-order valence-corrected chi connectivity index (χ1v) is 7.51. The Morgan fingerprint density at radius 1 is 1.29 bits per heavy atom. The molecule has 2 rings (SSSR count). The molecule has 0 saturated heterocycles. The van der Waals surface area contributed by atoms with E-state index in [1.807, 2.05) is 20.8 Å². The number of hydrogen-bond acceptors (Lipinski definition) is 3. The van der Waals surface area contributed by atoms with Gasteiger partial charge in [-0.1, -0.05) is 32.9 Å². The molecule has 0 spiro atoms. The van der Waals surface area contributed by atoms with Crippen molar-refractivity contribution in [3.05, 3.63) is 53.1 Å². The molecule has 0 bridgehead atoms. The number of benzene rings is 1. The minimum atomic E-state index is -1.07. The maximum atomic E-state index is 13.0. The molecule has 0 aliphatic rings. The van der Waals surface area contributed by atoms with E-state index < -0.39 is 23.7 Å². The molecule has 1 amide bonds. The zero-order valence-corrected chi connectivity index (χ0v) is 13.8. The Hall–Kier alpha value is -2.70. The lowest BCUT2D eigenvalue weighted by Crippen LogP contribution is -2.30. The number of aromatic nitrogens is 2. The SMILES string of the molecule is CC(C)(C)c1cc(C(=O)NC(CC(=O)O)c2ccc(F)cc2)n[nH]1. The van der Waals surface area contributed by atoms with Crippen molar-refractivity contribution < 1.29 is 19.1 Å². The first kappa shape index (κ1) is 17.7. The summed E-state index contributed by atoms with van der Waals surface area (Å²) in [4.78, 5) is 23.4. The van der Waals surface area contributed by atoms with Gasteiger partial charge < -0.3 is 10.4 Å². The number of H-pyrrole nitrogens is 1. The number of amides is 1. The van der Waals surface area contributed by atoms with Gasteiger partial charge in [-0.3, -0.25) is 14.7 Å². The average Bonchev–Trinajstić information content (AvgIpc) is 2.97. The van der Waals surface area contributed by atoms with Crippen LogP contribution in [0, 0.1) is 5.82 Å². The van der Waals surface area contributed by atoms with Gasteiger partial charge in [0.25, 0.3) is 5.91 Å². The van der Waals surface area contributed by atoms with Crippen LogP contribution in [0.15, 0.2) is 30.3 Å². The Morgan fingerprint density at radius 3 is 2.42 bits per heavy atom. The summed E-state index contributed by atoms with van der Waals surface area (Å²) in [7, 11) is 0. The van der Waals surface area contributed by atoms with E-state index in [0.29, 0.717) is 5.56 Å². The molecule has 1 heterocycles. The quantitative estimate of drug-likeness (QED) is 0.784. The standard InChI is InChI=1S/C17H20FN3O3/c1-17(2,3)14-8-13(20-21-14)16(24)19-12(9-15(22)23)10-4-6-11(18)7-5-10/h4-8,12H,9H2,1-3H3,(H,19,24)(H,20,21)(H,22,23). The zero-order chi connectivity index (χ0) is 17.9. The molecule has 1 atom stereocenters. The molecule has 0 aliphatic carbocycles. The molecule has 7 heteroatoms. The van der Waals surface area contributed by atoms with Crippen LogP contribution in [0.5, 0.6) is 0 Å². The number of aromatic amines is 1. The number of hydrogen-bond donors (Lipinski definition) is 3. The Balaban J connectivity index is 2.19. The number of carbonyl (C=O) groups excluding carboxylic acids is 1. The number of nitrogens with one attached hydrogen (secondary N) is 2. The summed E-state index contributed by atoms with van der Waals surface area (Å²) in [6, 6.07) is 6.22. The van der Waals surface area contributed by atoms with Crippen LogP contribution in [0.2, 0.25) is 0 Å². The molecule has 1 aromatic carbocycles. The average molecular weight is 333 g/mol. The van der Waals surface area contributed by atoms with Crippen LogP contribution < -0.4 is 5.32 Å². The van der Waals surface area contributed by atoms with E-state index in [1.165, 1.54) is 24.3 Å². The van der Waals surface area contributed by atoms with Gasteiger partial charge in [0.15, 0.2) is 0 Å². The molecule has 2 aromatic rings. The predicted octanol–water partition coefficient (Wildman–Crippen LogP) is 2.79. The van der Waals surface area contributed by atoms with Gasteiger partial charge in [0.1, 0.15) is 11.5 Å². The minimum Gasteiger partial charge on any atom is -0.481 e. The summed E-state index contributed by atoms with van der Waals surface area (Å²) in [5.41, 5.74) is 1.29. The van der Waals surface area contributed by atoms with Crippen LogP contribution in [-0.2, 0) is 10.2 Å². The summed E-state index contributed by atoms with van der Waals surface area (Å²) in [5, 5.41) is 18.5. The van der Waals surface area contributed by atoms with Crippen molar-refractivity contribution in [3.8, 4) is 0 Å². The van der Waals surface area contributed by atoms with E-state index in [2.05, 4.69) is 15.5 Å². The largest absolute Gasteiger partial charge is 0.481 e. The van der Waals surface area contributed by atoms with Crippen LogP contribution in [0.4, 0.5) is 4.39 Å². The number of carboxylic acids is 1. The second-order valence-corrected chi connectivity index (χ2v) is 6.59. The third-order valence-corrected chi connectivity index (χ3v) is 3.57. The van der Waals surface area contributed by atoms with E-state index >= 15 is 0 Å². The molecule has 3 N–H and O–H groups in total. The van der Waals surface area contributed by atoms with Gasteiger partial charge in [0.2, 0.25) is 0 Å². The molecule has 6 nitrogen and oxygen atoms in total. The third kappa shape index (κ3) is 4.41. The highest BCUT2D eigenvalue weighted by Gasteiger charge is 2.23. The normalized spacial score (nSPS) is 12.7. The molecular formula is C17H20FN3O3. The van der Waals surface area contributed by atoms with Gasteiger partial charge in [0.05, 0.1) is 12.5 Å². The molecule has 1 unspecified atom stereocenters. The van der Waals surface area contributed by atoms with Gasteiger partial charge in [-0.2, -0.15) is 5.10 Å². The van der Waals surface area contributed by atoms with Crippen LogP contribution in [0.25, 0.3) is 0 Å². The van der Waals surface area contributed by atoms with Crippen molar-refractivity contribution in [1.82, 2.24) is 15.5 Å². The Labute approximate surface area is 139 Å². The summed E-state index contributed by atoms with van der Waals surface area (Å²) in [6.07, 6.45) is -0.312. The third-order valence-electron chi connectivity index (χ3n) is 3.57. The van der Waals surface area contributed by atoms with Gasteiger partial charge in [-0.25, -0.2) is 4.39 Å². The minimum absolute atomic E-state index is 0.178. The van der Waals surface area contributed by atoms with Crippen molar-refractivity contribution >= 4 is 11.9 Å². The molecule has 128 valence electrons. The number of halogens is 1. The smallest absolute Gasteiger partial charge is 0.305 e. The molecule has 0 saturated carbocycles. The molecule has 0 radical (unpaired) electrons. The van der Waals surface area contributed by atoms with Crippen molar-refractivity contribution in [1.29, 1.82) is 0 Å². The maximum absolute atomic E-state index is 13.0. The lowest BCUT2D eigenvalue weighted by molar-refractivity contribution is -0.137. The fraction of sp³-hybridized carbons (Fsp3) is 0.353. The molecule has 0 fully saturated rings. The number of nitrogens with zero attached hydrogens (tertiary/aromatic N) is 1. The van der Waals surface area contributed by atoms with Gasteiger partial charge in [-0.05, 0) is 23.8 Å². The van der Waals surface area contributed by atoms with E-state index in [4.69, 9.17) is 5.11 Å². The second-order valence-electron chi connectivity index (χ2n) is 6.59. The van der Waals surface area contributed by atoms with Crippen molar-refractivity contribution in [2.75, 3.05) is 0 Å². The fourth-order valence-corrected chi connectivity index (χ4v) is 2.18. The Bertz CT molecular complexity index is 732. The summed E-state index contributed by atoms with van der Waals surface area (Å²) < 4.78 is 13.0. The predicted molar refractivity (Wildman–Crippen MR) is 86.1 cm³/mol. The lowest BCUT2D eigenvalue weighted by Gasteiger charge is -2.17. The summed E-state index contributed by atoms with van der Waals surface area (Å²) >= 11 is 0. The van der Waals surface area contributed by atoms with E-state index in [1.54, 1.807) is 6.07 Å². The Morgan fingerprint density at radius 2 is 1.92 bits per heavy atom. The van der Waals surface area contributed by atoms with Crippen LogP contribution in [0.1, 0.15) is 55.0 Å². The van der Waals surface area contributed by atoms with Gasteiger partial charge in [0, 0.05) is 11.1 Å². The van der Waals surface area contributed by atoms with Crippen molar-refractivity contribution in [2.24, 2.45) is 0 Å². The van der Waals surface area contributed by atoms with E-state index in [-0.39, 0.29) is 17.5 Å². The highest BCUT2D eigenvalue weighted by Crippen LogP contribution is 2.21. The van der Waals surface area contributed by atoms with Crippen LogP contribution in [-0.4, -0.2) is 27.2 Å². The maximum Gasteiger partial charge on any atom is 0.305 e. The zero-order valence-electron chi connectivity index (χ0n) is 13.8.